The zero-order chi connectivity index (χ0) is 13.4. The van der Waals surface area contributed by atoms with E-state index in [1.54, 1.807) is 6.07 Å². The van der Waals surface area contributed by atoms with E-state index >= 15 is 0 Å². The summed E-state index contributed by atoms with van der Waals surface area (Å²) in [5, 5.41) is 3.21. The van der Waals surface area contributed by atoms with E-state index in [1.807, 2.05) is 19.1 Å². The maximum absolute atomic E-state index is 12.4. The van der Waals surface area contributed by atoms with Crippen molar-refractivity contribution in [3.8, 4) is 0 Å². The van der Waals surface area contributed by atoms with Crippen LogP contribution >= 0.6 is 0 Å². The Balaban J connectivity index is 1.71. The number of rotatable bonds is 2. The van der Waals surface area contributed by atoms with E-state index in [0.717, 1.165) is 24.1 Å². The summed E-state index contributed by atoms with van der Waals surface area (Å²) in [5.41, 5.74) is 8.11. The molecule has 3 N–H and O–H groups in total. The van der Waals surface area contributed by atoms with E-state index in [2.05, 4.69) is 10.2 Å². The average Bonchev–Trinajstić information content (AvgIpc) is 2.94. The van der Waals surface area contributed by atoms with Crippen molar-refractivity contribution in [3.05, 3.63) is 29.3 Å². The largest absolute Gasteiger partial charge is 0.399 e. The topological polar surface area (TPSA) is 58.4 Å². The molecule has 3 rings (SSSR count). The monoisotopic (exact) mass is 259 g/mol. The van der Waals surface area contributed by atoms with Gasteiger partial charge in [0.1, 0.15) is 0 Å². The van der Waals surface area contributed by atoms with Gasteiger partial charge < -0.3 is 11.1 Å². The molecule has 19 heavy (non-hydrogen) atoms. The first-order chi connectivity index (χ1) is 9.15. The smallest absolute Gasteiger partial charge is 0.251 e. The summed E-state index contributed by atoms with van der Waals surface area (Å²) in [6.45, 7) is 4.25. The van der Waals surface area contributed by atoms with Crippen molar-refractivity contribution in [1.82, 2.24) is 10.2 Å². The van der Waals surface area contributed by atoms with Crippen LogP contribution in [0.25, 0.3) is 0 Å². The van der Waals surface area contributed by atoms with Gasteiger partial charge in [0, 0.05) is 29.9 Å². The zero-order valence-corrected chi connectivity index (χ0v) is 11.4. The minimum Gasteiger partial charge on any atom is -0.399 e. The number of nitrogens with two attached hydrogens (primary N) is 1. The Labute approximate surface area is 114 Å². The fourth-order valence-corrected chi connectivity index (χ4v) is 3.44. The summed E-state index contributed by atoms with van der Waals surface area (Å²) in [6.07, 6.45) is 3.55. The fourth-order valence-electron chi connectivity index (χ4n) is 3.44. The van der Waals surface area contributed by atoms with Crippen molar-refractivity contribution < 1.29 is 4.79 Å². The highest BCUT2D eigenvalue weighted by molar-refractivity contribution is 5.96. The molecule has 2 saturated heterocycles. The van der Waals surface area contributed by atoms with Crippen LogP contribution in [0.4, 0.5) is 5.69 Å². The second kappa shape index (κ2) is 4.85. The minimum atomic E-state index is 0.0382. The third-order valence-electron chi connectivity index (χ3n) is 4.42. The SMILES string of the molecule is Cc1cc(N)ccc1C(=O)NC1CCN2CCCC12. The van der Waals surface area contributed by atoms with Gasteiger partial charge >= 0.3 is 0 Å². The maximum atomic E-state index is 12.4. The molecule has 0 spiro atoms. The molecule has 1 aromatic rings. The van der Waals surface area contributed by atoms with Crippen molar-refractivity contribution in [1.29, 1.82) is 0 Å². The van der Waals surface area contributed by atoms with Crippen LogP contribution < -0.4 is 11.1 Å². The van der Waals surface area contributed by atoms with E-state index in [0.29, 0.717) is 17.8 Å². The van der Waals surface area contributed by atoms with Gasteiger partial charge in [-0.2, -0.15) is 0 Å². The molecule has 0 aliphatic carbocycles. The number of nitrogen functional groups attached to an aromatic ring is 1. The molecule has 2 aliphatic heterocycles. The lowest BCUT2D eigenvalue weighted by Crippen LogP contribution is -2.42. The molecular formula is C15H21N3O. The first kappa shape index (κ1) is 12.5. The molecule has 0 aromatic heterocycles. The molecule has 0 bridgehead atoms. The predicted molar refractivity (Wildman–Crippen MR) is 76.1 cm³/mol. The molecule has 2 unspecified atom stereocenters. The van der Waals surface area contributed by atoms with Gasteiger partial charge in [-0.15, -0.1) is 0 Å². The van der Waals surface area contributed by atoms with Gasteiger partial charge in [0.15, 0.2) is 0 Å². The van der Waals surface area contributed by atoms with E-state index in [4.69, 9.17) is 5.73 Å². The second-order valence-corrected chi connectivity index (χ2v) is 5.69. The zero-order valence-electron chi connectivity index (χ0n) is 11.4. The minimum absolute atomic E-state index is 0.0382. The number of carbonyl (C=O) groups is 1. The summed E-state index contributed by atoms with van der Waals surface area (Å²) >= 11 is 0. The summed E-state index contributed by atoms with van der Waals surface area (Å²) in [5.74, 6) is 0.0382. The average molecular weight is 259 g/mol. The van der Waals surface area contributed by atoms with Crippen LogP contribution in [0.5, 0.6) is 0 Å². The van der Waals surface area contributed by atoms with Gasteiger partial charge in [0.25, 0.3) is 5.91 Å². The van der Waals surface area contributed by atoms with E-state index in [-0.39, 0.29) is 5.91 Å². The van der Waals surface area contributed by atoms with Crippen LogP contribution in [0.3, 0.4) is 0 Å². The highest BCUT2D eigenvalue weighted by Crippen LogP contribution is 2.28. The molecule has 0 saturated carbocycles. The molecule has 4 heteroatoms. The molecule has 4 nitrogen and oxygen atoms in total. The van der Waals surface area contributed by atoms with Gasteiger partial charge in [-0.25, -0.2) is 0 Å². The Kier molecular flexibility index (Phi) is 3.19. The number of hydrogen-bond acceptors (Lipinski definition) is 3. The van der Waals surface area contributed by atoms with E-state index in [1.165, 1.54) is 19.4 Å². The van der Waals surface area contributed by atoms with Gasteiger partial charge in [-0.05, 0) is 56.5 Å². The van der Waals surface area contributed by atoms with Crippen LogP contribution in [0.1, 0.15) is 35.2 Å². The maximum Gasteiger partial charge on any atom is 0.251 e. The highest BCUT2D eigenvalue weighted by Gasteiger charge is 2.37. The van der Waals surface area contributed by atoms with Gasteiger partial charge in [0.2, 0.25) is 0 Å². The summed E-state index contributed by atoms with van der Waals surface area (Å²) in [6, 6.07) is 6.33. The third-order valence-corrected chi connectivity index (χ3v) is 4.42. The number of carbonyl (C=O) groups excluding carboxylic acids is 1. The van der Waals surface area contributed by atoms with Crippen molar-refractivity contribution >= 4 is 11.6 Å². The quantitative estimate of drug-likeness (QED) is 0.792. The number of benzene rings is 1. The number of nitrogens with zero attached hydrogens (tertiary/aromatic N) is 1. The summed E-state index contributed by atoms with van der Waals surface area (Å²) in [4.78, 5) is 14.9. The lowest BCUT2D eigenvalue weighted by Gasteiger charge is -2.21. The van der Waals surface area contributed by atoms with Gasteiger partial charge in [0.05, 0.1) is 0 Å². The molecule has 102 valence electrons. The Morgan fingerprint density at radius 2 is 2.21 bits per heavy atom. The van der Waals surface area contributed by atoms with E-state index in [9.17, 15) is 4.79 Å². The molecule has 1 amide bonds. The molecule has 1 aromatic carbocycles. The van der Waals surface area contributed by atoms with Crippen LogP contribution in [-0.2, 0) is 0 Å². The lowest BCUT2D eigenvalue weighted by molar-refractivity contribution is 0.0929. The third kappa shape index (κ3) is 2.32. The molecule has 2 atom stereocenters. The summed E-state index contributed by atoms with van der Waals surface area (Å²) < 4.78 is 0. The van der Waals surface area contributed by atoms with Gasteiger partial charge in [-0.3, -0.25) is 9.69 Å². The number of aryl methyl sites for hydroxylation is 1. The van der Waals surface area contributed by atoms with Crippen LogP contribution in [0, 0.1) is 6.92 Å². The normalized spacial score (nSPS) is 26.4. The number of hydrogen-bond donors (Lipinski definition) is 2. The molecule has 2 aliphatic rings. The van der Waals surface area contributed by atoms with Crippen molar-refractivity contribution in [3.63, 3.8) is 0 Å². The van der Waals surface area contributed by atoms with Crippen molar-refractivity contribution in [2.45, 2.75) is 38.3 Å². The molecule has 2 fully saturated rings. The van der Waals surface area contributed by atoms with Crippen LogP contribution in [0.2, 0.25) is 0 Å². The Hall–Kier alpha value is -1.55. The molecular weight excluding hydrogens is 238 g/mol. The lowest BCUT2D eigenvalue weighted by atomic mass is 10.0. The number of fused-ring (bicyclic) bond motifs is 1. The van der Waals surface area contributed by atoms with Crippen LogP contribution in [0.15, 0.2) is 18.2 Å². The molecule has 2 heterocycles. The number of anilines is 1. The number of nitrogens with one attached hydrogen (secondary N) is 1. The highest BCUT2D eigenvalue weighted by atomic mass is 16.1. The predicted octanol–water partition coefficient (Wildman–Crippen LogP) is 1.54. The first-order valence-electron chi connectivity index (χ1n) is 7.06. The Morgan fingerprint density at radius 1 is 1.37 bits per heavy atom. The van der Waals surface area contributed by atoms with Crippen molar-refractivity contribution in [2.24, 2.45) is 0 Å². The van der Waals surface area contributed by atoms with Gasteiger partial charge in [-0.1, -0.05) is 0 Å². The molecule has 0 radical (unpaired) electrons. The van der Waals surface area contributed by atoms with Crippen LogP contribution in [-0.4, -0.2) is 36.0 Å². The first-order valence-corrected chi connectivity index (χ1v) is 7.06. The second-order valence-electron chi connectivity index (χ2n) is 5.69. The standard InChI is InChI=1S/C15H21N3O/c1-10-9-11(16)4-5-12(10)15(19)17-13-6-8-18-7-2-3-14(13)18/h4-5,9,13-14H,2-3,6-8,16H2,1H3,(H,17,19). The number of amides is 1. The van der Waals surface area contributed by atoms with E-state index < -0.39 is 0 Å². The Bertz CT molecular complexity index is 500. The van der Waals surface area contributed by atoms with Crippen molar-refractivity contribution in [2.75, 3.05) is 18.8 Å². The Morgan fingerprint density at radius 3 is 3.00 bits per heavy atom. The summed E-state index contributed by atoms with van der Waals surface area (Å²) in [7, 11) is 0. The fraction of sp³-hybridized carbons (Fsp3) is 0.533.